The fraction of sp³-hybridized carbons (Fsp3) is 0.684. The SMILES string of the molecule is CN=C(NCc1cccnc1N(C)C)NCC(C(C)C)N1CCOCC1. The third kappa shape index (κ3) is 5.85. The molecule has 7 heteroatoms. The summed E-state index contributed by atoms with van der Waals surface area (Å²) in [7, 11) is 5.83. The summed E-state index contributed by atoms with van der Waals surface area (Å²) in [6, 6.07) is 4.52. The van der Waals surface area contributed by atoms with Gasteiger partial charge in [0.1, 0.15) is 5.82 Å². The van der Waals surface area contributed by atoms with Crippen LogP contribution in [0.2, 0.25) is 0 Å². The summed E-state index contributed by atoms with van der Waals surface area (Å²) < 4.78 is 5.49. The lowest BCUT2D eigenvalue weighted by molar-refractivity contribution is 0.00752. The number of nitrogens with one attached hydrogen (secondary N) is 2. The van der Waals surface area contributed by atoms with Gasteiger partial charge in [-0.3, -0.25) is 9.89 Å². The molecule has 7 nitrogen and oxygen atoms in total. The molecular weight excluding hydrogens is 328 g/mol. The summed E-state index contributed by atoms with van der Waals surface area (Å²) in [6.45, 7) is 9.75. The van der Waals surface area contributed by atoms with E-state index in [2.05, 4.69) is 45.4 Å². The minimum absolute atomic E-state index is 0.466. The molecule has 1 aromatic rings. The van der Waals surface area contributed by atoms with Crippen LogP contribution in [0.4, 0.5) is 5.82 Å². The first-order chi connectivity index (χ1) is 12.5. The van der Waals surface area contributed by atoms with Gasteiger partial charge >= 0.3 is 0 Å². The molecule has 0 spiro atoms. The molecule has 1 atom stereocenters. The topological polar surface area (TPSA) is 65.0 Å². The van der Waals surface area contributed by atoms with Gasteiger partial charge in [0.15, 0.2) is 5.96 Å². The van der Waals surface area contributed by atoms with Gasteiger partial charge in [0.05, 0.1) is 13.2 Å². The van der Waals surface area contributed by atoms with Crippen molar-refractivity contribution in [1.29, 1.82) is 0 Å². The average Bonchev–Trinajstić information content (AvgIpc) is 2.65. The molecule has 0 amide bonds. The molecule has 26 heavy (non-hydrogen) atoms. The van der Waals surface area contributed by atoms with Gasteiger partial charge in [0.2, 0.25) is 0 Å². The van der Waals surface area contributed by atoms with Crippen molar-refractivity contribution in [3.8, 4) is 0 Å². The summed E-state index contributed by atoms with van der Waals surface area (Å²) in [5.41, 5.74) is 1.15. The van der Waals surface area contributed by atoms with E-state index in [1.165, 1.54) is 0 Å². The molecule has 1 aromatic heterocycles. The van der Waals surface area contributed by atoms with Gasteiger partial charge in [0, 0.05) is 65.1 Å². The molecule has 0 bridgehead atoms. The highest BCUT2D eigenvalue weighted by molar-refractivity contribution is 5.79. The van der Waals surface area contributed by atoms with Crippen molar-refractivity contribution < 1.29 is 4.74 Å². The summed E-state index contributed by atoms with van der Waals surface area (Å²) in [4.78, 5) is 13.4. The maximum Gasteiger partial charge on any atom is 0.191 e. The molecule has 2 rings (SSSR count). The van der Waals surface area contributed by atoms with Crippen LogP contribution in [0.15, 0.2) is 23.3 Å². The highest BCUT2D eigenvalue weighted by Crippen LogP contribution is 2.14. The first-order valence-electron chi connectivity index (χ1n) is 9.40. The number of hydrogen-bond donors (Lipinski definition) is 2. The van der Waals surface area contributed by atoms with Crippen molar-refractivity contribution in [3.05, 3.63) is 23.9 Å². The predicted octanol–water partition coefficient (Wildman–Crippen LogP) is 1.17. The van der Waals surface area contributed by atoms with Crippen LogP contribution in [0.3, 0.4) is 0 Å². The maximum atomic E-state index is 5.49. The van der Waals surface area contributed by atoms with Crippen LogP contribution >= 0.6 is 0 Å². The van der Waals surface area contributed by atoms with E-state index >= 15 is 0 Å². The molecule has 2 N–H and O–H groups in total. The number of aromatic nitrogens is 1. The Bertz CT molecular complexity index is 569. The number of anilines is 1. The first-order valence-corrected chi connectivity index (χ1v) is 9.40. The highest BCUT2D eigenvalue weighted by Gasteiger charge is 2.23. The van der Waals surface area contributed by atoms with Gasteiger partial charge in [-0.15, -0.1) is 0 Å². The third-order valence-electron chi connectivity index (χ3n) is 4.72. The van der Waals surface area contributed by atoms with Gasteiger partial charge in [-0.05, 0) is 12.0 Å². The Labute approximate surface area is 157 Å². The molecule has 1 aliphatic rings. The normalized spacial score (nSPS) is 17.2. The molecule has 0 radical (unpaired) electrons. The second-order valence-corrected chi connectivity index (χ2v) is 7.15. The molecule has 0 saturated carbocycles. The second-order valence-electron chi connectivity index (χ2n) is 7.15. The lowest BCUT2D eigenvalue weighted by atomic mass is 10.0. The number of nitrogens with zero attached hydrogens (tertiary/aromatic N) is 4. The zero-order valence-electron chi connectivity index (χ0n) is 16.8. The monoisotopic (exact) mass is 362 g/mol. The number of morpholine rings is 1. The van der Waals surface area contributed by atoms with E-state index in [1.54, 1.807) is 0 Å². The zero-order chi connectivity index (χ0) is 18.9. The van der Waals surface area contributed by atoms with Gasteiger partial charge in [-0.25, -0.2) is 4.98 Å². The van der Waals surface area contributed by atoms with Crippen LogP contribution in [0, 0.1) is 5.92 Å². The maximum absolute atomic E-state index is 5.49. The summed E-state index contributed by atoms with van der Waals surface area (Å²) in [6.07, 6.45) is 1.82. The standard InChI is InChI=1S/C19H34N6O/c1-15(2)17(25-9-11-26-12-10-25)14-23-19(20-3)22-13-16-7-6-8-21-18(16)24(4)5/h6-8,15,17H,9-14H2,1-5H3,(H2,20,22,23). The summed E-state index contributed by atoms with van der Waals surface area (Å²) in [5.74, 6) is 2.36. The molecule has 146 valence electrons. The molecule has 1 aliphatic heterocycles. The fourth-order valence-electron chi connectivity index (χ4n) is 3.27. The van der Waals surface area contributed by atoms with Gasteiger partial charge in [-0.2, -0.15) is 0 Å². The van der Waals surface area contributed by atoms with E-state index in [-0.39, 0.29) is 0 Å². The van der Waals surface area contributed by atoms with E-state index in [9.17, 15) is 0 Å². The number of ether oxygens (including phenoxy) is 1. The third-order valence-corrected chi connectivity index (χ3v) is 4.72. The Morgan fingerprint density at radius 3 is 2.65 bits per heavy atom. The highest BCUT2D eigenvalue weighted by atomic mass is 16.5. The van der Waals surface area contributed by atoms with Crippen LogP contribution < -0.4 is 15.5 Å². The molecular formula is C19H34N6O. The Morgan fingerprint density at radius 1 is 1.31 bits per heavy atom. The second kappa shape index (κ2) is 10.3. The van der Waals surface area contributed by atoms with Crippen molar-refractivity contribution in [2.45, 2.75) is 26.4 Å². The van der Waals surface area contributed by atoms with E-state index < -0.39 is 0 Å². The van der Waals surface area contributed by atoms with E-state index in [0.717, 1.165) is 50.2 Å². The van der Waals surface area contributed by atoms with Crippen molar-refractivity contribution in [1.82, 2.24) is 20.5 Å². The summed E-state index contributed by atoms with van der Waals surface area (Å²) in [5, 5.41) is 6.90. The Kier molecular flexibility index (Phi) is 8.12. The number of rotatable bonds is 7. The Morgan fingerprint density at radius 2 is 2.04 bits per heavy atom. The number of hydrogen-bond acceptors (Lipinski definition) is 5. The lowest BCUT2D eigenvalue weighted by Crippen LogP contribution is -2.52. The van der Waals surface area contributed by atoms with Crippen molar-refractivity contribution in [3.63, 3.8) is 0 Å². The average molecular weight is 363 g/mol. The molecule has 0 aliphatic carbocycles. The zero-order valence-corrected chi connectivity index (χ0v) is 16.8. The van der Waals surface area contributed by atoms with Crippen LogP contribution in [0.1, 0.15) is 19.4 Å². The quantitative estimate of drug-likeness (QED) is 0.561. The largest absolute Gasteiger partial charge is 0.379 e. The van der Waals surface area contributed by atoms with E-state index in [0.29, 0.717) is 18.5 Å². The Hall–Kier alpha value is -1.86. The molecule has 1 saturated heterocycles. The number of aliphatic imine (C=N–C) groups is 1. The fourth-order valence-corrected chi connectivity index (χ4v) is 3.27. The van der Waals surface area contributed by atoms with Crippen LogP contribution in [0.25, 0.3) is 0 Å². The molecule has 0 aromatic carbocycles. The van der Waals surface area contributed by atoms with Crippen molar-refractivity contribution >= 4 is 11.8 Å². The van der Waals surface area contributed by atoms with E-state index in [4.69, 9.17) is 4.74 Å². The molecule has 2 heterocycles. The predicted molar refractivity (Wildman–Crippen MR) is 108 cm³/mol. The molecule has 1 fully saturated rings. The smallest absolute Gasteiger partial charge is 0.191 e. The van der Waals surface area contributed by atoms with Crippen molar-refractivity contribution in [2.75, 3.05) is 58.9 Å². The van der Waals surface area contributed by atoms with Crippen molar-refractivity contribution in [2.24, 2.45) is 10.9 Å². The number of guanidine groups is 1. The lowest BCUT2D eigenvalue weighted by Gasteiger charge is -2.37. The van der Waals surface area contributed by atoms with Gasteiger partial charge in [0.25, 0.3) is 0 Å². The van der Waals surface area contributed by atoms with Crippen LogP contribution in [0.5, 0.6) is 0 Å². The molecule has 1 unspecified atom stereocenters. The first kappa shape index (κ1) is 20.5. The van der Waals surface area contributed by atoms with Crippen LogP contribution in [-0.4, -0.2) is 75.9 Å². The van der Waals surface area contributed by atoms with Gasteiger partial charge in [-0.1, -0.05) is 19.9 Å². The Balaban J connectivity index is 1.90. The van der Waals surface area contributed by atoms with E-state index in [1.807, 2.05) is 38.3 Å². The summed E-state index contributed by atoms with van der Waals surface area (Å²) >= 11 is 0. The minimum Gasteiger partial charge on any atom is -0.379 e. The minimum atomic E-state index is 0.466. The van der Waals surface area contributed by atoms with Gasteiger partial charge < -0.3 is 20.3 Å². The van der Waals surface area contributed by atoms with Crippen LogP contribution in [-0.2, 0) is 11.3 Å². The number of pyridine rings is 1.